The number of rotatable bonds is 1. The van der Waals surface area contributed by atoms with Gasteiger partial charge in [-0.25, -0.2) is 4.39 Å². The fraction of sp³-hybridized carbons (Fsp3) is 0.357. The van der Waals surface area contributed by atoms with Gasteiger partial charge in [0.15, 0.2) is 0 Å². The molecule has 0 spiro atoms. The molecule has 0 aliphatic carbocycles. The number of halogens is 1. The minimum Gasteiger partial charge on any atom is -0.266 e. The molecule has 3 heteroatoms. The van der Waals surface area contributed by atoms with E-state index in [2.05, 4.69) is 22.8 Å². The van der Waals surface area contributed by atoms with Crippen molar-refractivity contribution in [3.05, 3.63) is 41.8 Å². The summed E-state index contributed by atoms with van der Waals surface area (Å²) in [5.41, 5.74) is 3.23. The SMILES string of the molecule is CC1CCCc2cc(-c3ccc(F)cc3)nn21. The van der Waals surface area contributed by atoms with E-state index in [9.17, 15) is 4.39 Å². The second-order valence-corrected chi connectivity index (χ2v) is 4.71. The lowest BCUT2D eigenvalue weighted by Gasteiger charge is -2.20. The van der Waals surface area contributed by atoms with Gasteiger partial charge in [0.05, 0.1) is 5.69 Å². The lowest BCUT2D eigenvalue weighted by atomic mass is 10.0. The summed E-state index contributed by atoms with van der Waals surface area (Å²) in [5, 5.41) is 4.63. The fourth-order valence-corrected chi connectivity index (χ4v) is 2.46. The van der Waals surface area contributed by atoms with Crippen molar-refractivity contribution in [2.45, 2.75) is 32.2 Å². The maximum atomic E-state index is 12.9. The Kier molecular flexibility index (Phi) is 2.46. The van der Waals surface area contributed by atoms with Gasteiger partial charge in [-0.05, 0) is 56.5 Å². The Morgan fingerprint density at radius 1 is 1.29 bits per heavy atom. The van der Waals surface area contributed by atoms with Crippen molar-refractivity contribution in [2.24, 2.45) is 0 Å². The highest BCUT2D eigenvalue weighted by Gasteiger charge is 2.18. The Labute approximate surface area is 100 Å². The van der Waals surface area contributed by atoms with Crippen LogP contribution >= 0.6 is 0 Å². The van der Waals surface area contributed by atoms with Gasteiger partial charge in [-0.2, -0.15) is 5.10 Å². The molecule has 1 atom stereocenters. The predicted molar refractivity (Wildman–Crippen MR) is 65.3 cm³/mol. The summed E-state index contributed by atoms with van der Waals surface area (Å²) in [6.07, 6.45) is 3.52. The lowest BCUT2D eigenvalue weighted by Crippen LogP contribution is -2.15. The van der Waals surface area contributed by atoms with Gasteiger partial charge in [-0.1, -0.05) is 0 Å². The third kappa shape index (κ3) is 1.86. The molecule has 0 fully saturated rings. The van der Waals surface area contributed by atoms with E-state index in [-0.39, 0.29) is 5.82 Å². The van der Waals surface area contributed by atoms with Crippen molar-refractivity contribution in [1.29, 1.82) is 0 Å². The van der Waals surface area contributed by atoms with Crippen LogP contribution in [0.25, 0.3) is 11.3 Å². The van der Waals surface area contributed by atoms with Gasteiger partial charge in [-0.15, -0.1) is 0 Å². The van der Waals surface area contributed by atoms with Crippen LogP contribution in [0.4, 0.5) is 4.39 Å². The number of aryl methyl sites for hydroxylation is 1. The van der Waals surface area contributed by atoms with Crippen LogP contribution in [0.2, 0.25) is 0 Å². The van der Waals surface area contributed by atoms with Crippen LogP contribution in [0, 0.1) is 5.82 Å². The minimum absolute atomic E-state index is 0.203. The summed E-state index contributed by atoms with van der Waals surface area (Å²) < 4.78 is 15.0. The van der Waals surface area contributed by atoms with E-state index >= 15 is 0 Å². The number of hydrogen-bond donors (Lipinski definition) is 0. The normalized spacial score (nSPS) is 19.1. The molecule has 3 rings (SSSR count). The number of aromatic nitrogens is 2. The summed E-state index contributed by atoms with van der Waals surface area (Å²) in [6, 6.07) is 9.15. The largest absolute Gasteiger partial charge is 0.266 e. The van der Waals surface area contributed by atoms with E-state index in [1.807, 2.05) is 0 Å². The quantitative estimate of drug-likeness (QED) is 0.732. The zero-order chi connectivity index (χ0) is 11.8. The van der Waals surface area contributed by atoms with E-state index in [0.717, 1.165) is 17.7 Å². The molecular weight excluding hydrogens is 215 g/mol. The maximum absolute atomic E-state index is 12.9. The van der Waals surface area contributed by atoms with E-state index < -0.39 is 0 Å². The van der Waals surface area contributed by atoms with Gasteiger partial charge in [0.25, 0.3) is 0 Å². The van der Waals surface area contributed by atoms with Gasteiger partial charge in [0.2, 0.25) is 0 Å². The average Bonchev–Trinajstić information content (AvgIpc) is 2.75. The van der Waals surface area contributed by atoms with Crippen LogP contribution in [0.3, 0.4) is 0 Å². The predicted octanol–water partition coefficient (Wildman–Crippen LogP) is 3.59. The first-order valence-electron chi connectivity index (χ1n) is 6.08. The Bertz CT molecular complexity index is 528. The van der Waals surface area contributed by atoms with Crippen LogP contribution in [0.15, 0.2) is 30.3 Å². The molecule has 0 bridgehead atoms. The molecule has 0 saturated heterocycles. The summed E-state index contributed by atoms with van der Waals surface area (Å²) >= 11 is 0. The smallest absolute Gasteiger partial charge is 0.123 e. The Hall–Kier alpha value is -1.64. The first-order valence-corrected chi connectivity index (χ1v) is 6.08. The van der Waals surface area contributed by atoms with Crippen molar-refractivity contribution in [2.75, 3.05) is 0 Å². The molecule has 17 heavy (non-hydrogen) atoms. The lowest BCUT2D eigenvalue weighted by molar-refractivity contribution is 0.393. The van der Waals surface area contributed by atoms with Crippen LogP contribution < -0.4 is 0 Å². The van der Waals surface area contributed by atoms with E-state index in [4.69, 9.17) is 0 Å². The van der Waals surface area contributed by atoms with Crippen molar-refractivity contribution in [1.82, 2.24) is 9.78 Å². The molecule has 1 aromatic carbocycles. The van der Waals surface area contributed by atoms with Crippen molar-refractivity contribution in [3.63, 3.8) is 0 Å². The number of hydrogen-bond acceptors (Lipinski definition) is 1. The monoisotopic (exact) mass is 230 g/mol. The van der Waals surface area contributed by atoms with Crippen molar-refractivity contribution in [3.8, 4) is 11.3 Å². The minimum atomic E-state index is -0.203. The second kappa shape index (κ2) is 3.99. The first-order chi connectivity index (χ1) is 8.24. The molecule has 0 N–H and O–H groups in total. The first kappa shape index (κ1) is 10.5. The molecular formula is C14H15FN2. The standard InChI is InChI=1S/C14H15FN2/c1-10-3-2-4-13-9-14(16-17(10)13)11-5-7-12(15)8-6-11/h5-10H,2-4H2,1H3. The van der Waals surface area contributed by atoms with Crippen LogP contribution in [-0.4, -0.2) is 9.78 Å². The highest BCUT2D eigenvalue weighted by Crippen LogP contribution is 2.28. The highest BCUT2D eigenvalue weighted by molar-refractivity contribution is 5.59. The van der Waals surface area contributed by atoms with Crippen LogP contribution in [0.1, 0.15) is 31.5 Å². The van der Waals surface area contributed by atoms with E-state index in [1.165, 1.54) is 30.7 Å². The number of benzene rings is 1. The molecule has 0 radical (unpaired) electrons. The maximum Gasteiger partial charge on any atom is 0.123 e. The summed E-state index contributed by atoms with van der Waals surface area (Å²) in [6.45, 7) is 2.20. The molecule has 88 valence electrons. The Morgan fingerprint density at radius 3 is 2.76 bits per heavy atom. The van der Waals surface area contributed by atoms with Gasteiger partial charge in [-0.3, -0.25) is 4.68 Å². The molecule has 2 aromatic rings. The zero-order valence-corrected chi connectivity index (χ0v) is 9.86. The highest BCUT2D eigenvalue weighted by atomic mass is 19.1. The molecule has 1 aliphatic rings. The topological polar surface area (TPSA) is 17.8 Å². The van der Waals surface area contributed by atoms with Gasteiger partial charge >= 0.3 is 0 Å². The third-order valence-corrected chi connectivity index (χ3v) is 3.43. The summed E-state index contributed by atoms with van der Waals surface area (Å²) in [7, 11) is 0. The number of fused-ring (bicyclic) bond motifs is 1. The molecule has 0 amide bonds. The van der Waals surface area contributed by atoms with Gasteiger partial charge in [0.1, 0.15) is 5.82 Å². The van der Waals surface area contributed by atoms with Gasteiger partial charge in [0, 0.05) is 17.3 Å². The molecule has 0 saturated carbocycles. The van der Waals surface area contributed by atoms with Crippen LogP contribution in [0.5, 0.6) is 0 Å². The molecule has 1 unspecified atom stereocenters. The molecule has 1 aromatic heterocycles. The molecule has 2 heterocycles. The zero-order valence-electron chi connectivity index (χ0n) is 9.86. The van der Waals surface area contributed by atoms with Crippen molar-refractivity contribution < 1.29 is 4.39 Å². The Morgan fingerprint density at radius 2 is 2.06 bits per heavy atom. The van der Waals surface area contributed by atoms with Crippen molar-refractivity contribution >= 4 is 0 Å². The van der Waals surface area contributed by atoms with E-state index in [1.54, 1.807) is 12.1 Å². The van der Waals surface area contributed by atoms with E-state index in [0.29, 0.717) is 6.04 Å². The average molecular weight is 230 g/mol. The third-order valence-electron chi connectivity index (χ3n) is 3.43. The van der Waals surface area contributed by atoms with Crippen LogP contribution in [-0.2, 0) is 6.42 Å². The molecule has 1 aliphatic heterocycles. The fourth-order valence-electron chi connectivity index (χ4n) is 2.46. The number of nitrogens with zero attached hydrogens (tertiary/aromatic N) is 2. The summed E-state index contributed by atoms with van der Waals surface area (Å²) in [4.78, 5) is 0. The Balaban J connectivity index is 2.02. The summed E-state index contributed by atoms with van der Waals surface area (Å²) in [5.74, 6) is -0.203. The van der Waals surface area contributed by atoms with Gasteiger partial charge < -0.3 is 0 Å². The molecule has 2 nitrogen and oxygen atoms in total. The second-order valence-electron chi connectivity index (χ2n) is 4.71.